The minimum absolute atomic E-state index is 0.0218. The van der Waals surface area contributed by atoms with Crippen molar-refractivity contribution >= 4 is 63.2 Å². The minimum Gasteiger partial charge on any atom is -0.351 e. The highest BCUT2D eigenvalue weighted by molar-refractivity contribution is 7.99. The average molecular weight is 596 g/mol. The Morgan fingerprint density at radius 2 is 1.82 bits per heavy atom. The molecule has 7 nitrogen and oxygen atoms in total. The lowest BCUT2D eigenvalue weighted by Crippen LogP contribution is -2.28. The van der Waals surface area contributed by atoms with Gasteiger partial charge in [-0.25, -0.2) is 9.67 Å². The molecule has 0 unspecified atom stereocenters. The summed E-state index contributed by atoms with van der Waals surface area (Å²) in [5.74, 6) is -1.01. The number of pyridine rings is 1. The molecule has 0 saturated carbocycles. The van der Waals surface area contributed by atoms with Crippen LogP contribution in [0, 0.1) is 0 Å². The lowest BCUT2D eigenvalue weighted by atomic mass is 10.0. The summed E-state index contributed by atoms with van der Waals surface area (Å²) in [7, 11) is 0. The first-order valence-electron chi connectivity index (χ1n) is 11.7. The molecule has 2 N–H and O–H groups in total. The normalized spacial score (nSPS) is 11.7. The number of fused-ring (bicyclic) bond motifs is 1. The van der Waals surface area contributed by atoms with Gasteiger partial charge in [-0.15, -0.1) is 0 Å². The fourth-order valence-electron chi connectivity index (χ4n) is 3.71. The number of alkyl halides is 3. The van der Waals surface area contributed by atoms with Crippen molar-refractivity contribution in [3.8, 4) is 5.82 Å². The lowest BCUT2D eigenvalue weighted by molar-refractivity contribution is -0.141. The van der Waals surface area contributed by atoms with E-state index in [9.17, 15) is 22.8 Å². The molecule has 0 aliphatic rings. The van der Waals surface area contributed by atoms with Gasteiger partial charge in [0.05, 0.1) is 21.3 Å². The Morgan fingerprint density at radius 3 is 2.51 bits per heavy atom. The first-order valence-corrected chi connectivity index (χ1v) is 13.5. The largest absolute Gasteiger partial charge is 0.435 e. The summed E-state index contributed by atoms with van der Waals surface area (Å²) in [5, 5.41) is 10.5. The molecule has 0 aliphatic carbocycles. The quantitative estimate of drug-likeness (QED) is 0.217. The van der Waals surface area contributed by atoms with Crippen molar-refractivity contribution in [2.75, 3.05) is 17.6 Å². The smallest absolute Gasteiger partial charge is 0.351 e. The third-order valence-corrected chi connectivity index (χ3v) is 7.27. The second-order valence-corrected chi connectivity index (χ2v) is 11.1. The van der Waals surface area contributed by atoms with Gasteiger partial charge < -0.3 is 10.6 Å². The van der Waals surface area contributed by atoms with Crippen molar-refractivity contribution in [3.05, 3.63) is 81.7 Å². The van der Waals surface area contributed by atoms with Crippen LogP contribution in [0.1, 0.15) is 40.4 Å². The summed E-state index contributed by atoms with van der Waals surface area (Å²) in [6.07, 6.45) is -3.54. The van der Waals surface area contributed by atoms with Gasteiger partial charge in [-0.2, -0.15) is 30.0 Å². The number of amides is 2. The number of thioether (sulfide) groups is 1. The highest BCUT2D eigenvalue weighted by Crippen LogP contribution is 2.36. The van der Waals surface area contributed by atoms with E-state index in [4.69, 9.17) is 23.2 Å². The Hall–Kier alpha value is -3.28. The van der Waals surface area contributed by atoms with E-state index in [1.807, 2.05) is 13.8 Å². The van der Waals surface area contributed by atoms with E-state index < -0.39 is 29.4 Å². The molecule has 2 heterocycles. The number of nitrogens with zero attached hydrogens (tertiary/aromatic N) is 3. The summed E-state index contributed by atoms with van der Waals surface area (Å²) in [5.41, 5.74) is -1.83. The van der Waals surface area contributed by atoms with Crippen LogP contribution in [0.2, 0.25) is 10.0 Å². The van der Waals surface area contributed by atoms with Gasteiger partial charge in [-0.05, 0) is 28.8 Å². The van der Waals surface area contributed by atoms with E-state index in [1.54, 1.807) is 42.1 Å². The number of carbonyl (C=O) groups excluding carboxylic acids is 2. The van der Waals surface area contributed by atoms with Crippen LogP contribution in [0.25, 0.3) is 16.6 Å². The molecule has 4 aromatic rings. The van der Waals surface area contributed by atoms with E-state index in [-0.39, 0.29) is 27.1 Å². The minimum atomic E-state index is -4.85. The monoisotopic (exact) mass is 595 g/mol. The SMILES string of the molecule is CC(C)SCCNC(=O)c1cc2ccccc2c(Cl)c1NC(=O)c1cc(C(F)(F)F)nn1-c1ncccc1Cl. The van der Waals surface area contributed by atoms with Crippen LogP contribution in [-0.2, 0) is 6.18 Å². The fourth-order valence-corrected chi connectivity index (χ4v) is 4.93. The lowest BCUT2D eigenvalue weighted by Gasteiger charge is -2.16. The summed E-state index contributed by atoms with van der Waals surface area (Å²) in [4.78, 5) is 30.6. The Balaban J connectivity index is 1.76. The molecule has 204 valence electrons. The number of benzene rings is 2. The number of aromatic nitrogens is 3. The predicted octanol–water partition coefficient (Wildman–Crippen LogP) is 6.87. The summed E-state index contributed by atoms with van der Waals surface area (Å²) < 4.78 is 41.4. The number of carbonyl (C=O) groups is 2. The summed E-state index contributed by atoms with van der Waals surface area (Å²) in [6, 6.07) is 12.0. The van der Waals surface area contributed by atoms with Gasteiger partial charge in [0.25, 0.3) is 11.8 Å². The van der Waals surface area contributed by atoms with Crippen LogP contribution in [0.5, 0.6) is 0 Å². The van der Waals surface area contributed by atoms with Crippen LogP contribution in [0.4, 0.5) is 18.9 Å². The molecule has 2 aromatic carbocycles. The highest BCUT2D eigenvalue weighted by atomic mass is 35.5. The molecule has 0 radical (unpaired) electrons. The third kappa shape index (κ3) is 6.48. The predicted molar refractivity (Wildman–Crippen MR) is 148 cm³/mol. The summed E-state index contributed by atoms with van der Waals surface area (Å²) >= 11 is 14.5. The zero-order valence-electron chi connectivity index (χ0n) is 20.6. The van der Waals surface area contributed by atoms with E-state index in [1.165, 1.54) is 18.3 Å². The van der Waals surface area contributed by atoms with Crippen molar-refractivity contribution in [1.29, 1.82) is 0 Å². The molecule has 0 saturated heterocycles. The molecule has 2 amide bonds. The standard InChI is InChI=1S/C26H22Cl2F3N5O2S/c1-14(2)39-11-10-33-24(37)17-12-15-6-3-4-7-16(15)21(28)22(17)34-25(38)19-13-20(26(29,30)31)35-36(19)23-18(27)8-5-9-32-23/h3-9,12-14H,10-11H2,1-2H3,(H,33,37)(H,34,38). The molecule has 0 atom stereocenters. The van der Waals surface area contributed by atoms with E-state index >= 15 is 0 Å². The fraction of sp³-hybridized carbons (Fsp3) is 0.231. The Kier molecular flexibility index (Phi) is 8.73. The van der Waals surface area contributed by atoms with Gasteiger partial charge in [-0.3, -0.25) is 9.59 Å². The zero-order chi connectivity index (χ0) is 28.3. The Bertz CT molecular complexity index is 1540. The maximum atomic E-state index is 13.6. The van der Waals surface area contributed by atoms with Crippen molar-refractivity contribution < 1.29 is 22.8 Å². The molecule has 13 heteroatoms. The molecular weight excluding hydrogens is 574 g/mol. The number of nitrogens with one attached hydrogen (secondary N) is 2. The van der Waals surface area contributed by atoms with E-state index in [0.29, 0.717) is 39.1 Å². The van der Waals surface area contributed by atoms with Gasteiger partial charge in [0.1, 0.15) is 5.69 Å². The van der Waals surface area contributed by atoms with Gasteiger partial charge >= 0.3 is 6.18 Å². The zero-order valence-corrected chi connectivity index (χ0v) is 23.0. The Labute approximate surface area is 236 Å². The number of anilines is 1. The molecule has 0 aliphatic heterocycles. The molecule has 0 fully saturated rings. The topological polar surface area (TPSA) is 88.9 Å². The maximum Gasteiger partial charge on any atom is 0.435 e. The molecule has 2 aromatic heterocycles. The Morgan fingerprint density at radius 1 is 1.08 bits per heavy atom. The third-order valence-electron chi connectivity index (χ3n) is 5.48. The van der Waals surface area contributed by atoms with Gasteiger partial charge in [0.2, 0.25) is 0 Å². The highest BCUT2D eigenvalue weighted by Gasteiger charge is 2.37. The number of halogens is 5. The van der Waals surface area contributed by atoms with Crippen molar-refractivity contribution in [2.24, 2.45) is 0 Å². The van der Waals surface area contributed by atoms with Crippen molar-refractivity contribution in [2.45, 2.75) is 25.3 Å². The van der Waals surface area contributed by atoms with Gasteiger partial charge in [0.15, 0.2) is 11.5 Å². The van der Waals surface area contributed by atoms with Crippen LogP contribution in [0.15, 0.2) is 54.7 Å². The van der Waals surface area contributed by atoms with E-state index in [2.05, 4.69) is 20.7 Å². The second kappa shape index (κ2) is 11.8. The van der Waals surface area contributed by atoms with Gasteiger partial charge in [0, 0.05) is 29.9 Å². The summed E-state index contributed by atoms with van der Waals surface area (Å²) in [6.45, 7) is 4.44. The number of rotatable bonds is 8. The van der Waals surface area contributed by atoms with Crippen LogP contribution >= 0.6 is 35.0 Å². The molecule has 0 bridgehead atoms. The van der Waals surface area contributed by atoms with Gasteiger partial charge in [-0.1, -0.05) is 61.3 Å². The number of hydrogen-bond acceptors (Lipinski definition) is 5. The van der Waals surface area contributed by atoms with E-state index in [0.717, 1.165) is 0 Å². The maximum absolute atomic E-state index is 13.6. The first-order chi connectivity index (χ1) is 18.5. The van der Waals surface area contributed by atoms with Crippen LogP contribution < -0.4 is 10.6 Å². The molecule has 4 rings (SSSR count). The van der Waals surface area contributed by atoms with Crippen LogP contribution in [-0.4, -0.2) is 44.1 Å². The number of hydrogen-bond donors (Lipinski definition) is 2. The van der Waals surface area contributed by atoms with Crippen molar-refractivity contribution in [1.82, 2.24) is 20.1 Å². The second-order valence-electron chi connectivity index (χ2n) is 8.60. The first kappa shape index (κ1) is 28.7. The molecule has 0 spiro atoms. The van der Waals surface area contributed by atoms with Crippen LogP contribution in [0.3, 0.4) is 0 Å². The average Bonchev–Trinajstić information content (AvgIpc) is 3.34. The molecular formula is C26H22Cl2F3N5O2S. The molecule has 39 heavy (non-hydrogen) atoms. The van der Waals surface area contributed by atoms with Crippen molar-refractivity contribution in [3.63, 3.8) is 0 Å².